The third kappa shape index (κ3) is 4.59. The molecule has 4 rings (SSSR count). The van der Waals surface area contributed by atoms with Crippen molar-refractivity contribution in [2.45, 2.75) is 36.8 Å². The second-order valence-electron chi connectivity index (χ2n) is 7.58. The van der Waals surface area contributed by atoms with Crippen molar-refractivity contribution in [3.63, 3.8) is 0 Å². The van der Waals surface area contributed by atoms with Crippen LogP contribution in [0.5, 0.6) is 0 Å². The minimum absolute atomic E-state index is 0.0856. The predicted molar refractivity (Wildman–Crippen MR) is 111 cm³/mol. The van der Waals surface area contributed by atoms with Crippen LogP contribution in [0.15, 0.2) is 34.2 Å². The molecule has 1 aliphatic carbocycles. The van der Waals surface area contributed by atoms with Crippen LogP contribution in [0.3, 0.4) is 0 Å². The van der Waals surface area contributed by atoms with Gasteiger partial charge in [0.15, 0.2) is 9.84 Å². The molecule has 0 radical (unpaired) electrons. The molecular weight excluding hydrogens is 455 g/mol. The monoisotopic (exact) mass is 471 g/mol. The lowest BCUT2D eigenvalue weighted by atomic mass is 10.1. The van der Waals surface area contributed by atoms with E-state index in [2.05, 4.69) is 15.3 Å². The number of halogens is 4. The van der Waals surface area contributed by atoms with Crippen molar-refractivity contribution >= 4 is 50.0 Å². The number of rotatable bonds is 7. The Morgan fingerprint density at radius 2 is 2.00 bits per heavy atom. The van der Waals surface area contributed by atoms with Crippen LogP contribution in [0.4, 0.5) is 30.2 Å². The second-order valence-corrected chi connectivity index (χ2v) is 10.00. The number of nitrogens with one attached hydrogen (secondary N) is 1. The van der Waals surface area contributed by atoms with Crippen LogP contribution in [-0.2, 0) is 27.5 Å². The highest BCUT2D eigenvalue weighted by atomic mass is 35.5. The summed E-state index contributed by atoms with van der Waals surface area (Å²) in [6.45, 7) is 0. The maximum absolute atomic E-state index is 13.2. The average Bonchev–Trinajstić information content (AvgIpc) is 3.24. The van der Waals surface area contributed by atoms with Crippen molar-refractivity contribution < 1.29 is 26.4 Å². The Bertz CT molecular complexity index is 1220. The first-order chi connectivity index (χ1) is 14.5. The van der Waals surface area contributed by atoms with E-state index < -0.39 is 28.4 Å². The Kier molecular flexibility index (Phi) is 5.55. The highest BCUT2D eigenvalue weighted by molar-refractivity contribution is 7.90. The van der Waals surface area contributed by atoms with Crippen LogP contribution in [0, 0.1) is 5.92 Å². The smallest absolute Gasteiger partial charge is 0.277 e. The lowest BCUT2D eigenvalue weighted by Crippen LogP contribution is -2.12. The summed E-state index contributed by atoms with van der Waals surface area (Å²) in [5.41, 5.74) is 0.680. The maximum Gasteiger partial charge on any atom is 0.277 e. The molecule has 0 bridgehead atoms. The van der Waals surface area contributed by atoms with Gasteiger partial charge in [-0.3, -0.25) is 9.78 Å². The van der Waals surface area contributed by atoms with E-state index >= 15 is 0 Å². The molecule has 1 saturated carbocycles. The lowest BCUT2D eigenvalue weighted by molar-refractivity contribution is -0.120. The molecule has 0 unspecified atom stereocenters. The minimum Gasteiger partial charge on any atom is -0.353 e. The number of aliphatic imine (C=N–C) groups is 1. The van der Waals surface area contributed by atoms with Crippen molar-refractivity contribution in [3.05, 3.63) is 40.7 Å². The second kappa shape index (κ2) is 7.90. The Balaban J connectivity index is 1.75. The molecule has 2 atom stereocenters. The number of ketones is 1. The molecule has 2 aromatic rings. The summed E-state index contributed by atoms with van der Waals surface area (Å²) in [6.07, 6.45) is -3.10. The van der Waals surface area contributed by atoms with Crippen molar-refractivity contribution in [2.75, 3.05) is 11.6 Å². The van der Waals surface area contributed by atoms with Gasteiger partial charge in [0.1, 0.15) is 17.6 Å². The first-order valence-electron chi connectivity index (χ1n) is 9.34. The Morgan fingerprint density at radius 1 is 1.29 bits per heavy atom. The van der Waals surface area contributed by atoms with Gasteiger partial charge in [-0.15, -0.1) is 0 Å². The van der Waals surface area contributed by atoms with Crippen LogP contribution in [0.25, 0.3) is 0 Å². The molecule has 0 amide bonds. The van der Waals surface area contributed by atoms with E-state index in [0.29, 0.717) is 0 Å². The van der Waals surface area contributed by atoms with Crippen molar-refractivity contribution in [2.24, 2.45) is 10.9 Å². The molecule has 1 aromatic heterocycles. The van der Waals surface area contributed by atoms with Crippen LogP contribution in [0.1, 0.15) is 17.8 Å². The molecule has 2 heterocycles. The summed E-state index contributed by atoms with van der Waals surface area (Å²) < 4.78 is 64.0. The summed E-state index contributed by atoms with van der Waals surface area (Å²) in [5.74, 6) is -0.977. The Hall–Kier alpha value is -2.46. The number of benzene rings is 1. The zero-order valence-corrected chi connectivity index (χ0v) is 17.8. The van der Waals surface area contributed by atoms with E-state index in [-0.39, 0.29) is 69.1 Å². The summed E-state index contributed by atoms with van der Waals surface area (Å²) >= 11 is 5.93. The van der Waals surface area contributed by atoms with Gasteiger partial charge in [-0.05, 0) is 30.7 Å². The number of carbonyl (C=O) groups is 1. The molecular formula is C20H17ClF3N3O3S. The molecule has 1 N–H and O–H groups in total. The van der Waals surface area contributed by atoms with Crippen molar-refractivity contribution in [1.29, 1.82) is 0 Å². The fraction of sp³-hybridized carbons (Fsp3) is 0.350. The number of hydrogen-bond donors (Lipinski definition) is 1. The fourth-order valence-corrected chi connectivity index (χ4v) is 4.52. The fourth-order valence-electron chi connectivity index (χ4n) is 3.42. The first-order valence-corrected chi connectivity index (χ1v) is 11.6. The summed E-state index contributed by atoms with van der Waals surface area (Å²) in [5, 5.41) is 3.13. The van der Waals surface area contributed by atoms with Crippen molar-refractivity contribution in [1.82, 2.24) is 4.98 Å². The van der Waals surface area contributed by atoms with Crippen LogP contribution < -0.4 is 5.32 Å². The molecule has 0 spiro atoms. The SMILES string of the molecule is CS(=O)(=O)c1cc(Cl)ccc1Nc1cc(CC(=O)[C@H]2C[C@H]2F)nc2c1N=C(C(F)F)C2. The quantitative estimate of drug-likeness (QED) is 0.652. The topological polar surface area (TPSA) is 88.5 Å². The van der Waals surface area contributed by atoms with Gasteiger partial charge in [0.2, 0.25) is 0 Å². The predicted octanol–water partition coefficient (Wildman–Crippen LogP) is 4.25. The van der Waals surface area contributed by atoms with Crippen LogP contribution in [-0.4, -0.2) is 43.7 Å². The van der Waals surface area contributed by atoms with Gasteiger partial charge in [0.25, 0.3) is 6.43 Å². The number of fused-ring (bicyclic) bond motifs is 1. The minimum atomic E-state index is -3.67. The number of hydrogen-bond acceptors (Lipinski definition) is 6. The van der Waals surface area contributed by atoms with Gasteiger partial charge >= 0.3 is 0 Å². The van der Waals surface area contributed by atoms with Gasteiger partial charge in [-0.1, -0.05) is 11.6 Å². The number of pyridine rings is 1. The summed E-state index contributed by atoms with van der Waals surface area (Å²) in [4.78, 5) is 20.4. The van der Waals surface area contributed by atoms with E-state index in [9.17, 15) is 26.4 Å². The standard InChI is InChI=1S/C20H17ClF3N3O3S/c1-31(29,30)18-4-9(21)2-3-13(18)26-14-5-10(6-17(28)11-7-12(11)22)25-15-8-16(20(23)24)27-19(14)15/h2-5,11-12,20H,6-8H2,1H3,(H,25,26)/t11-,12+/m0/s1. The number of anilines is 2. The normalized spacial score (nSPS) is 19.9. The number of aromatic nitrogens is 1. The molecule has 1 fully saturated rings. The third-order valence-corrected chi connectivity index (χ3v) is 6.44. The summed E-state index contributed by atoms with van der Waals surface area (Å²) in [6, 6.07) is 5.64. The average molecular weight is 472 g/mol. The zero-order chi connectivity index (χ0) is 22.5. The van der Waals surface area contributed by atoms with Crippen LogP contribution >= 0.6 is 11.6 Å². The van der Waals surface area contributed by atoms with Crippen molar-refractivity contribution in [3.8, 4) is 0 Å². The largest absolute Gasteiger partial charge is 0.353 e. The molecule has 6 nitrogen and oxygen atoms in total. The van der Waals surface area contributed by atoms with E-state index in [0.717, 1.165) is 6.26 Å². The third-order valence-electron chi connectivity index (χ3n) is 5.07. The number of carbonyl (C=O) groups excluding carboxylic acids is 1. The van der Waals surface area contributed by atoms with E-state index in [1.54, 1.807) is 0 Å². The maximum atomic E-state index is 13.2. The highest BCUT2D eigenvalue weighted by Crippen LogP contribution is 2.40. The molecule has 1 aliphatic heterocycles. The van der Waals surface area contributed by atoms with Crippen LogP contribution in [0.2, 0.25) is 5.02 Å². The lowest BCUT2D eigenvalue weighted by Gasteiger charge is -2.15. The molecule has 11 heteroatoms. The molecule has 2 aliphatic rings. The number of alkyl halides is 3. The number of nitrogens with zero attached hydrogens (tertiary/aromatic N) is 2. The van der Waals surface area contributed by atoms with Gasteiger partial charge in [-0.2, -0.15) is 0 Å². The van der Waals surface area contributed by atoms with Gasteiger partial charge in [0, 0.05) is 24.1 Å². The summed E-state index contributed by atoms with van der Waals surface area (Å²) in [7, 11) is -3.67. The molecule has 31 heavy (non-hydrogen) atoms. The number of sulfone groups is 1. The van der Waals surface area contributed by atoms with E-state index in [4.69, 9.17) is 11.6 Å². The molecule has 0 saturated heterocycles. The molecule has 1 aromatic carbocycles. The zero-order valence-electron chi connectivity index (χ0n) is 16.2. The highest BCUT2D eigenvalue weighted by Gasteiger charge is 2.43. The molecule has 164 valence electrons. The van der Waals surface area contributed by atoms with Gasteiger partial charge in [-0.25, -0.2) is 26.6 Å². The van der Waals surface area contributed by atoms with E-state index in [1.807, 2.05) is 0 Å². The van der Waals surface area contributed by atoms with Gasteiger partial charge < -0.3 is 5.32 Å². The van der Waals surface area contributed by atoms with Gasteiger partial charge in [0.05, 0.1) is 39.3 Å². The number of Topliss-reactive ketones (excluding diaryl/α,β-unsaturated/α-hetero) is 1. The Labute approximate surface area is 181 Å². The van der Waals surface area contributed by atoms with E-state index in [1.165, 1.54) is 24.3 Å². The Morgan fingerprint density at radius 3 is 2.61 bits per heavy atom. The first kappa shape index (κ1) is 21.8.